The number of oxazole rings is 6. The summed E-state index contributed by atoms with van der Waals surface area (Å²) in [4.78, 5) is 38.2. The van der Waals surface area contributed by atoms with E-state index in [1.165, 1.54) is 31.3 Å². The van der Waals surface area contributed by atoms with Gasteiger partial charge in [-0.2, -0.15) is 0 Å². The first-order chi connectivity index (χ1) is 20.0. The van der Waals surface area contributed by atoms with Crippen molar-refractivity contribution < 1.29 is 36.0 Å². The normalized spacial score (nSPS) is 12.2. The van der Waals surface area contributed by atoms with Crippen molar-refractivity contribution in [3.63, 3.8) is 0 Å². The number of ether oxygens (including phenoxy) is 1. The SMILES string of the molecule is CCOC(=O)c1coc(-c2coc(-c3coc(-c4coc(-c5coc(-c6coc([Si](C)(C)C(C)(C)C)n6)n5)n4)n3)n2)n1. The van der Waals surface area contributed by atoms with E-state index >= 15 is 0 Å². The van der Waals surface area contributed by atoms with E-state index in [-0.39, 0.29) is 52.5 Å². The maximum atomic E-state index is 11.8. The Morgan fingerprint density at radius 1 is 0.643 bits per heavy atom. The largest absolute Gasteiger partial charge is 0.461 e. The second-order valence-electron chi connectivity index (χ2n) is 10.8. The molecule has 0 aliphatic carbocycles. The molecule has 6 aromatic heterocycles. The molecule has 0 atom stereocenters. The molecule has 6 heterocycles. The van der Waals surface area contributed by atoms with Gasteiger partial charge in [-0.3, -0.25) is 0 Å². The van der Waals surface area contributed by atoms with E-state index in [0.29, 0.717) is 22.8 Å². The molecule has 0 spiro atoms. The Labute approximate surface area is 239 Å². The number of esters is 1. The summed E-state index contributed by atoms with van der Waals surface area (Å²) in [7, 11) is -1.96. The molecule has 6 rings (SSSR count). The lowest BCUT2D eigenvalue weighted by Crippen LogP contribution is -2.50. The monoisotopic (exact) mass is 590 g/mol. The van der Waals surface area contributed by atoms with E-state index in [0.717, 1.165) is 5.51 Å². The van der Waals surface area contributed by atoms with Crippen LogP contribution in [0.2, 0.25) is 18.1 Å². The van der Waals surface area contributed by atoms with E-state index < -0.39 is 14.0 Å². The van der Waals surface area contributed by atoms with Gasteiger partial charge in [-0.25, -0.2) is 34.7 Å². The number of aromatic nitrogens is 6. The molecular formula is C27H26N6O8Si. The molecule has 0 amide bonds. The number of carbonyl (C=O) groups is 1. The first kappa shape index (κ1) is 27.1. The summed E-state index contributed by atoms with van der Waals surface area (Å²) < 4.78 is 38.4. The molecule has 42 heavy (non-hydrogen) atoms. The minimum atomic E-state index is -1.96. The van der Waals surface area contributed by atoms with Gasteiger partial charge in [0.25, 0.3) is 0 Å². The summed E-state index contributed by atoms with van der Waals surface area (Å²) in [5, 5.41) is 0.0620. The Kier molecular flexibility index (Phi) is 6.52. The van der Waals surface area contributed by atoms with Crippen LogP contribution in [-0.4, -0.2) is 50.6 Å². The highest BCUT2D eigenvalue weighted by Gasteiger charge is 2.41. The number of carbonyl (C=O) groups excluding carboxylic acids is 1. The molecule has 15 heteroatoms. The van der Waals surface area contributed by atoms with E-state index in [4.69, 9.17) is 31.2 Å². The summed E-state index contributed by atoms with van der Waals surface area (Å²) in [6, 6.07) is 0. The van der Waals surface area contributed by atoms with Crippen LogP contribution in [0.25, 0.3) is 57.9 Å². The van der Waals surface area contributed by atoms with Crippen LogP contribution in [0, 0.1) is 0 Å². The maximum Gasteiger partial charge on any atom is 0.360 e. The molecular weight excluding hydrogens is 564 g/mol. The van der Waals surface area contributed by atoms with Crippen molar-refractivity contribution >= 4 is 19.6 Å². The average molecular weight is 591 g/mol. The van der Waals surface area contributed by atoms with Crippen LogP contribution in [0.5, 0.6) is 0 Å². The van der Waals surface area contributed by atoms with E-state index in [1.54, 1.807) is 13.2 Å². The van der Waals surface area contributed by atoms with Gasteiger partial charge in [-0.15, -0.1) is 0 Å². The van der Waals surface area contributed by atoms with Gasteiger partial charge < -0.3 is 31.2 Å². The second kappa shape index (κ2) is 10.1. The van der Waals surface area contributed by atoms with Gasteiger partial charge >= 0.3 is 5.97 Å². The summed E-state index contributed by atoms with van der Waals surface area (Å²) in [5.41, 5.74) is 2.49. The van der Waals surface area contributed by atoms with Crippen LogP contribution in [0.3, 0.4) is 0 Å². The third-order valence-electron chi connectivity index (χ3n) is 7.01. The predicted molar refractivity (Wildman–Crippen MR) is 147 cm³/mol. The molecule has 0 aliphatic rings. The minimum Gasteiger partial charge on any atom is -0.461 e. The van der Waals surface area contributed by atoms with Crippen molar-refractivity contribution in [2.75, 3.05) is 6.61 Å². The predicted octanol–water partition coefficient (Wildman–Crippen LogP) is 5.84. The Balaban J connectivity index is 1.17. The number of rotatable bonds is 8. The van der Waals surface area contributed by atoms with E-state index in [9.17, 15) is 4.79 Å². The fraction of sp³-hybridized carbons (Fsp3) is 0.296. The Morgan fingerprint density at radius 3 is 1.45 bits per heavy atom. The van der Waals surface area contributed by atoms with Gasteiger partial charge in [0.05, 0.1) is 6.61 Å². The summed E-state index contributed by atoms with van der Waals surface area (Å²) >= 11 is 0. The molecule has 0 radical (unpaired) electrons. The summed E-state index contributed by atoms with van der Waals surface area (Å²) in [6.45, 7) is 12.9. The van der Waals surface area contributed by atoms with Crippen LogP contribution in [0.4, 0.5) is 0 Å². The molecule has 0 saturated heterocycles. The quantitative estimate of drug-likeness (QED) is 0.152. The number of hydrogen-bond donors (Lipinski definition) is 0. The number of nitrogens with zero attached hydrogens (tertiary/aromatic N) is 6. The zero-order valence-corrected chi connectivity index (χ0v) is 24.6. The lowest BCUT2D eigenvalue weighted by Gasteiger charge is -2.33. The molecule has 0 fully saturated rings. The van der Waals surface area contributed by atoms with Crippen LogP contribution < -0.4 is 5.51 Å². The van der Waals surface area contributed by atoms with Crippen LogP contribution >= 0.6 is 0 Å². The van der Waals surface area contributed by atoms with Crippen molar-refractivity contribution in [1.82, 2.24) is 29.9 Å². The third kappa shape index (κ3) is 4.87. The maximum absolute atomic E-state index is 11.8. The minimum absolute atomic E-state index is 0.0260. The Hall–Kier alpha value is -5.05. The summed E-state index contributed by atoms with van der Waals surface area (Å²) in [5.74, 6) is 0.293. The standard InChI is InChI=1S/C27H26N6O8Si/c1-7-35-25(34)19-13-40-23(32-19)17-11-38-21(30-17)15-9-36-20(28-15)14-8-37-22(29-14)16-10-39-24(31-16)18-12-41-26(33-18)42(5,6)27(2,3)4/h8-13H,7H2,1-6H3. The molecule has 0 aromatic carbocycles. The second-order valence-corrected chi connectivity index (χ2v) is 16.0. The first-order valence-corrected chi connectivity index (χ1v) is 16.0. The molecule has 216 valence electrons. The van der Waals surface area contributed by atoms with E-state index in [2.05, 4.69) is 63.8 Å². The van der Waals surface area contributed by atoms with Gasteiger partial charge in [0, 0.05) is 0 Å². The van der Waals surface area contributed by atoms with Gasteiger partial charge in [0.15, 0.2) is 47.8 Å². The molecule has 6 aromatic rings. The fourth-order valence-electron chi connectivity index (χ4n) is 3.63. The topological polar surface area (TPSA) is 182 Å². The van der Waals surface area contributed by atoms with Crippen molar-refractivity contribution in [1.29, 1.82) is 0 Å². The summed E-state index contributed by atoms with van der Waals surface area (Å²) in [6.07, 6.45) is 8.24. The molecule has 0 bridgehead atoms. The van der Waals surface area contributed by atoms with Crippen LogP contribution in [-0.2, 0) is 4.74 Å². The van der Waals surface area contributed by atoms with Crippen molar-refractivity contribution in [2.45, 2.75) is 45.8 Å². The fourth-order valence-corrected chi connectivity index (χ4v) is 5.02. The Bertz CT molecular complexity index is 1860. The highest BCUT2D eigenvalue weighted by Crippen LogP contribution is 2.36. The molecule has 14 nitrogen and oxygen atoms in total. The third-order valence-corrected chi connectivity index (χ3v) is 12.1. The smallest absolute Gasteiger partial charge is 0.360 e. The number of hydrogen-bond acceptors (Lipinski definition) is 14. The molecule has 0 unspecified atom stereocenters. The lowest BCUT2D eigenvalue weighted by atomic mass is 10.2. The van der Waals surface area contributed by atoms with Gasteiger partial charge in [-0.1, -0.05) is 33.9 Å². The van der Waals surface area contributed by atoms with Gasteiger partial charge in [0.1, 0.15) is 37.6 Å². The van der Waals surface area contributed by atoms with E-state index in [1.807, 2.05) is 0 Å². The molecule has 0 N–H and O–H groups in total. The van der Waals surface area contributed by atoms with Crippen LogP contribution in [0.1, 0.15) is 38.2 Å². The highest BCUT2D eigenvalue weighted by molar-refractivity contribution is 6.90. The lowest BCUT2D eigenvalue weighted by molar-refractivity contribution is 0.0519. The Morgan fingerprint density at radius 2 is 1.02 bits per heavy atom. The van der Waals surface area contributed by atoms with Crippen molar-refractivity contribution in [2.24, 2.45) is 0 Å². The van der Waals surface area contributed by atoms with Gasteiger partial charge in [0.2, 0.25) is 29.5 Å². The molecule has 0 saturated carbocycles. The molecule has 0 aliphatic heterocycles. The first-order valence-electron chi connectivity index (χ1n) is 13.0. The van der Waals surface area contributed by atoms with Crippen LogP contribution in [0.15, 0.2) is 64.1 Å². The van der Waals surface area contributed by atoms with Crippen molar-refractivity contribution in [3.05, 3.63) is 43.3 Å². The average Bonchev–Trinajstić information content (AvgIpc) is 3.76. The highest BCUT2D eigenvalue weighted by atomic mass is 28.3. The van der Waals surface area contributed by atoms with Gasteiger partial charge in [-0.05, 0) is 12.0 Å². The van der Waals surface area contributed by atoms with Crippen molar-refractivity contribution in [3.8, 4) is 57.9 Å². The zero-order valence-electron chi connectivity index (χ0n) is 23.6. The zero-order chi connectivity index (χ0) is 29.6.